The van der Waals surface area contributed by atoms with Gasteiger partial charge in [-0.1, -0.05) is 47.2 Å². The van der Waals surface area contributed by atoms with Crippen molar-refractivity contribution in [2.75, 3.05) is 10.6 Å². The topological polar surface area (TPSA) is 97.1 Å². The summed E-state index contributed by atoms with van der Waals surface area (Å²) in [6.45, 7) is 0. The normalized spacial score (nSPS) is 16.6. The van der Waals surface area contributed by atoms with E-state index in [9.17, 15) is 9.59 Å². The lowest BCUT2D eigenvalue weighted by molar-refractivity contribution is -0.490. The van der Waals surface area contributed by atoms with Crippen LogP contribution in [-0.2, 0) is 9.59 Å². The van der Waals surface area contributed by atoms with Gasteiger partial charge >= 0.3 is 5.96 Å². The Labute approximate surface area is 163 Å². The highest BCUT2D eigenvalue weighted by Crippen LogP contribution is 2.25. The number of nitrogens with one attached hydrogen (secondary N) is 4. The minimum atomic E-state index is -0.730. The molecule has 2 heterocycles. The number of hydrogen-bond acceptors (Lipinski definition) is 5. The van der Waals surface area contributed by atoms with Crippen LogP contribution < -0.4 is 20.9 Å². The number of benzene rings is 2. The van der Waals surface area contributed by atoms with Gasteiger partial charge in [-0.2, -0.15) is 0 Å². The van der Waals surface area contributed by atoms with Crippen LogP contribution in [0.2, 0.25) is 5.02 Å². The van der Waals surface area contributed by atoms with Crippen molar-refractivity contribution >= 4 is 61.7 Å². The fourth-order valence-electron chi connectivity index (χ4n) is 2.68. The zero-order valence-corrected chi connectivity index (χ0v) is 15.5. The number of para-hydroxylation sites is 2. The summed E-state index contributed by atoms with van der Waals surface area (Å²) in [5, 5.41) is 9.51. The third-order valence-corrected chi connectivity index (χ3v) is 5.23. The number of hydrogen-bond donors (Lipinski definition) is 4. The summed E-state index contributed by atoms with van der Waals surface area (Å²) in [5.41, 5.74) is 1.36. The molecule has 1 aliphatic heterocycles. The predicted octanol–water partition coefficient (Wildman–Crippen LogP) is 1.33. The van der Waals surface area contributed by atoms with Gasteiger partial charge in [-0.05, 0) is 24.3 Å². The highest BCUT2D eigenvalue weighted by atomic mass is 35.5. The van der Waals surface area contributed by atoms with Gasteiger partial charge in [0.05, 0.1) is 27.3 Å². The summed E-state index contributed by atoms with van der Waals surface area (Å²) in [4.78, 5) is 32.0. The molecule has 9 heteroatoms. The monoisotopic (exact) mass is 400 g/mol. The van der Waals surface area contributed by atoms with Crippen molar-refractivity contribution in [3.63, 3.8) is 0 Å². The second-order valence-electron chi connectivity index (χ2n) is 5.91. The minimum Gasteiger partial charge on any atom is -0.322 e. The van der Waals surface area contributed by atoms with Crippen LogP contribution in [0.4, 0.5) is 10.8 Å². The number of carbonyl (C=O) groups is 2. The third-order valence-electron chi connectivity index (χ3n) is 3.95. The van der Waals surface area contributed by atoms with Gasteiger partial charge in [0.1, 0.15) is 0 Å². The summed E-state index contributed by atoms with van der Waals surface area (Å²) >= 11 is 7.53. The Morgan fingerprint density at radius 2 is 2.00 bits per heavy atom. The lowest BCUT2D eigenvalue weighted by Gasteiger charge is -2.16. The van der Waals surface area contributed by atoms with E-state index in [4.69, 9.17) is 11.6 Å². The Kier molecular flexibility index (Phi) is 4.74. The number of guanidine groups is 1. The van der Waals surface area contributed by atoms with E-state index in [1.54, 1.807) is 24.3 Å². The van der Waals surface area contributed by atoms with Crippen molar-refractivity contribution in [1.82, 2.24) is 10.3 Å². The molecule has 0 saturated heterocycles. The molecule has 0 unspecified atom stereocenters. The maximum Gasteiger partial charge on any atom is 0.358 e. The molecule has 1 aliphatic rings. The number of aromatic nitrogens is 1. The lowest BCUT2D eigenvalue weighted by atomic mass is 10.1. The van der Waals surface area contributed by atoms with Crippen molar-refractivity contribution < 1.29 is 14.6 Å². The van der Waals surface area contributed by atoms with Crippen LogP contribution in [0.25, 0.3) is 10.2 Å². The standard InChI is InChI=1S/C18H14ClN5O2S/c19-10-5-1-2-6-11(10)20-16(26)13-9-15(25)23-17(21-13)24-18-22-12-7-3-4-8-14(12)27-18/h1-8,13H,9H2,(H,20,26)(H2,21,22,23,24,25)/p+1/t13-/m1/s1. The van der Waals surface area contributed by atoms with Gasteiger partial charge in [-0.3, -0.25) is 14.6 Å². The van der Waals surface area contributed by atoms with Gasteiger partial charge < -0.3 is 5.32 Å². The molecule has 27 heavy (non-hydrogen) atoms. The number of amides is 2. The predicted molar refractivity (Wildman–Crippen MR) is 106 cm³/mol. The summed E-state index contributed by atoms with van der Waals surface area (Å²) in [7, 11) is 0. The average molecular weight is 401 g/mol. The fraction of sp³-hybridized carbons (Fsp3) is 0.111. The SMILES string of the molecule is O=C1C[C@H](C(=O)Nc2ccccc2Cl)[NH+]=C(Nc2nc3ccccc3s2)N1. The van der Waals surface area contributed by atoms with Crippen molar-refractivity contribution in [3.8, 4) is 0 Å². The number of halogens is 1. The Balaban J connectivity index is 1.52. The first-order valence-corrected chi connectivity index (χ1v) is 9.39. The quantitative estimate of drug-likeness (QED) is 0.533. The smallest absolute Gasteiger partial charge is 0.322 e. The van der Waals surface area contributed by atoms with Crippen molar-refractivity contribution in [3.05, 3.63) is 53.6 Å². The van der Waals surface area contributed by atoms with E-state index in [-0.39, 0.29) is 18.2 Å². The number of fused-ring (bicyclic) bond motifs is 1. The number of nitrogens with zero attached hydrogens (tertiary/aromatic N) is 1. The molecular formula is C18H15ClN5O2S+. The molecule has 7 nitrogen and oxygen atoms in total. The molecule has 2 amide bonds. The maximum absolute atomic E-state index is 12.5. The van der Waals surface area contributed by atoms with E-state index < -0.39 is 6.04 Å². The molecule has 2 aromatic carbocycles. The molecule has 0 saturated carbocycles. The van der Waals surface area contributed by atoms with Gasteiger partial charge in [0.25, 0.3) is 16.9 Å². The summed E-state index contributed by atoms with van der Waals surface area (Å²) in [5.74, 6) is -0.289. The van der Waals surface area contributed by atoms with E-state index in [0.29, 0.717) is 21.8 Å². The van der Waals surface area contributed by atoms with E-state index in [2.05, 4.69) is 25.9 Å². The van der Waals surface area contributed by atoms with Crippen molar-refractivity contribution in [1.29, 1.82) is 0 Å². The lowest BCUT2D eigenvalue weighted by Crippen LogP contribution is -2.89. The maximum atomic E-state index is 12.5. The molecule has 0 fully saturated rings. The molecule has 3 aromatic rings. The minimum absolute atomic E-state index is 0.0152. The van der Waals surface area contributed by atoms with Crippen LogP contribution in [0, 0.1) is 0 Å². The van der Waals surface area contributed by atoms with Gasteiger partial charge in [-0.25, -0.2) is 15.6 Å². The largest absolute Gasteiger partial charge is 0.358 e. The molecule has 4 rings (SSSR count). The van der Waals surface area contributed by atoms with E-state index in [1.807, 2.05) is 24.3 Å². The van der Waals surface area contributed by atoms with Crippen molar-refractivity contribution in [2.24, 2.45) is 0 Å². The van der Waals surface area contributed by atoms with E-state index in [1.165, 1.54) is 11.3 Å². The number of thiazole rings is 1. The Morgan fingerprint density at radius 1 is 1.22 bits per heavy atom. The van der Waals surface area contributed by atoms with Gasteiger partial charge in [0, 0.05) is 0 Å². The first-order valence-electron chi connectivity index (χ1n) is 8.20. The summed E-state index contributed by atoms with van der Waals surface area (Å²) < 4.78 is 1.02. The molecule has 1 atom stereocenters. The third kappa shape index (κ3) is 3.91. The zero-order valence-electron chi connectivity index (χ0n) is 14.0. The fourth-order valence-corrected chi connectivity index (χ4v) is 3.73. The molecule has 1 aromatic heterocycles. The molecule has 0 spiro atoms. The first-order chi connectivity index (χ1) is 13.1. The average Bonchev–Trinajstić information content (AvgIpc) is 3.05. The highest BCUT2D eigenvalue weighted by molar-refractivity contribution is 7.22. The van der Waals surface area contributed by atoms with Crippen LogP contribution in [0.15, 0.2) is 48.5 Å². The first kappa shape index (κ1) is 17.4. The zero-order chi connectivity index (χ0) is 18.8. The molecule has 0 radical (unpaired) electrons. The van der Waals surface area contributed by atoms with Gasteiger partial charge in [-0.15, -0.1) is 0 Å². The highest BCUT2D eigenvalue weighted by Gasteiger charge is 2.31. The van der Waals surface area contributed by atoms with E-state index in [0.717, 1.165) is 10.2 Å². The Morgan fingerprint density at radius 3 is 2.81 bits per heavy atom. The molecule has 0 aliphatic carbocycles. The molecule has 4 N–H and O–H groups in total. The summed E-state index contributed by atoms with van der Waals surface area (Å²) in [6, 6.07) is 13.9. The number of carbonyl (C=O) groups excluding carboxylic acids is 2. The van der Waals surface area contributed by atoms with Crippen LogP contribution in [0.1, 0.15) is 6.42 Å². The second-order valence-corrected chi connectivity index (χ2v) is 7.34. The van der Waals surface area contributed by atoms with Gasteiger partial charge in [0.15, 0.2) is 6.04 Å². The van der Waals surface area contributed by atoms with Crippen LogP contribution in [0.5, 0.6) is 0 Å². The van der Waals surface area contributed by atoms with Crippen LogP contribution in [-0.4, -0.2) is 28.8 Å². The second kappa shape index (κ2) is 7.34. The van der Waals surface area contributed by atoms with Crippen molar-refractivity contribution in [2.45, 2.75) is 12.5 Å². The van der Waals surface area contributed by atoms with Crippen LogP contribution in [0.3, 0.4) is 0 Å². The van der Waals surface area contributed by atoms with E-state index >= 15 is 0 Å². The molecule has 136 valence electrons. The number of rotatable bonds is 3. The molecule has 0 bridgehead atoms. The Bertz CT molecular complexity index is 1030. The van der Waals surface area contributed by atoms with Gasteiger partial charge in [0.2, 0.25) is 0 Å². The molecular weight excluding hydrogens is 386 g/mol. The Hall–Kier alpha value is -2.97. The number of anilines is 2. The van der Waals surface area contributed by atoms with Crippen LogP contribution >= 0.6 is 22.9 Å². The summed E-state index contributed by atoms with van der Waals surface area (Å²) in [6.07, 6.45) is 0.0152.